The monoisotopic (exact) mass is 581 g/mol. The highest BCUT2D eigenvalue weighted by atomic mass is 19.1. The first kappa shape index (κ1) is 26.5. The lowest BCUT2D eigenvalue weighted by Crippen LogP contribution is -2.47. The third kappa shape index (κ3) is 4.80. The van der Waals surface area contributed by atoms with Crippen LogP contribution in [-0.2, 0) is 6.54 Å². The number of hydrogen-bond donors (Lipinski definition) is 2. The molecule has 7 rings (SSSR count). The first-order valence-electron chi connectivity index (χ1n) is 13.9. The van der Waals surface area contributed by atoms with E-state index in [1.54, 1.807) is 37.6 Å². The number of anilines is 2. The zero-order valence-corrected chi connectivity index (χ0v) is 23.3. The third-order valence-corrected chi connectivity index (χ3v) is 7.69. The lowest BCUT2D eigenvalue weighted by atomic mass is 10.1. The van der Waals surface area contributed by atoms with Gasteiger partial charge in [-0.1, -0.05) is 6.07 Å². The van der Waals surface area contributed by atoms with Gasteiger partial charge in [-0.3, -0.25) is 14.7 Å². The van der Waals surface area contributed by atoms with Crippen molar-refractivity contribution in [3.8, 4) is 23.0 Å². The van der Waals surface area contributed by atoms with Crippen LogP contribution in [0.25, 0.3) is 39.7 Å². The molecule has 6 heterocycles. The summed E-state index contributed by atoms with van der Waals surface area (Å²) in [4.78, 5) is 35.1. The maximum atomic E-state index is 14.8. The van der Waals surface area contributed by atoms with Crippen molar-refractivity contribution in [1.29, 1.82) is 0 Å². The number of carbonyl (C=O) groups is 1. The molecular formula is C29H28FN11O2. The van der Waals surface area contributed by atoms with Crippen LogP contribution in [0, 0.1) is 5.82 Å². The Balaban J connectivity index is 1.13. The van der Waals surface area contributed by atoms with Crippen molar-refractivity contribution in [3.05, 3.63) is 72.6 Å². The molecule has 5 aromatic heterocycles. The summed E-state index contributed by atoms with van der Waals surface area (Å²) in [6.45, 7) is 3.86. The molecular weight excluding hydrogens is 553 g/mol. The summed E-state index contributed by atoms with van der Waals surface area (Å²) in [6, 6.07) is 12.2. The molecule has 218 valence electrons. The molecule has 43 heavy (non-hydrogen) atoms. The van der Waals surface area contributed by atoms with Crippen molar-refractivity contribution in [3.63, 3.8) is 0 Å². The van der Waals surface area contributed by atoms with Crippen LogP contribution in [-0.4, -0.2) is 84.7 Å². The Labute approximate surface area is 244 Å². The fourth-order valence-corrected chi connectivity index (χ4v) is 5.48. The SMILES string of the molecule is CNC(=O)c1cc2c(nc(N)n3nc(-c4ccccn4)nc23)n1CCN1CCN(c2cc(-c3ncco3)ccc2F)CC1. The van der Waals surface area contributed by atoms with Gasteiger partial charge in [0, 0.05) is 58.1 Å². The van der Waals surface area contributed by atoms with Gasteiger partial charge in [0.15, 0.2) is 5.65 Å². The van der Waals surface area contributed by atoms with E-state index < -0.39 is 0 Å². The number of aromatic nitrogens is 7. The highest BCUT2D eigenvalue weighted by molar-refractivity contribution is 6.02. The molecule has 0 atom stereocenters. The molecule has 1 amide bonds. The molecule has 14 heteroatoms. The number of carbonyl (C=O) groups excluding carboxylic acids is 1. The fourth-order valence-electron chi connectivity index (χ4n) is 5.48. The summed E-state index contributed by atoms with van der Waals surface area (Å²) < 4.78 is 23.5. The summed E-state index contributed by atoms with van der Waals surface area (Å²) in [5.41, 5.74) is 9.67. The standard InChI is InChI=1S/C29H28FN11O2/c1-32-27(42)23-17-19-25(36-29(31)41-26(19)35-24(37-41)21-4-2-3-7-33-21)40(23)14-11-38-9-12-39(13-10-38)22-16-18(5-6-20(22)30)28-34-8-15-43-28/h2-8,15-17H,9-14H2,1H3,(H2,31,36)(H,32,42). The van der Waals surface area contributed by atoms with E-state index in [9.17, 15) is 9.18 Å². The molecule has 1 aliphatic rings. The topological polar surface area (TPSA) is 149 Å². The van der Waals surface area contributed by atoms with Crippen molar-refractivity contribution >= 4 is 34.2 Å². The number of pyridine rings is 1. The number of hydrogen-bond acceptors (Lipinski definition) is 10. The van der Waals surface area contributed by atoms with Crippen LogP contribution in [0.3, 0.4) is 0 Å². The van der Waals surface area contributed by atoms with E-state index in [1.807, 2.05) is 27.7 Å². The van der Waals surface area contributed by atoms with Crippen molar-refractivity contribution < 1.29 is 13.6 Å². The first-order valence-corrected chi connectivity index (χ1v) is 13.9. The number of oxazole rings is 1. The maximum Gasteiger partial charge on any atom is 0.267 e. The number of nitrogens with two attached hydrogens (primary N) is 1. The van der Waals surface area contributed by atoms with Crippen LogP contribution >= 0.6 is 0 Å². The molecule has 0 unspecified atom stereocenters. The zero-order chi connectivity index (χ0) is 29.5. The van der Waals surface area contributed by atoms with Crippen LogP contribution in [0.4, 0.5) is 16.0 Å². The molecule has 0 spiro atoms. The fraction of sp³-hybridized carbons (Fsp3) is 0.241. The number of fused-ring (bicyclic) bond motifs is 3. The van der Waals surface area contributed by atoms with E-state index in [0.717, 1.165) is 5.56 Å². The summed E-state index contributed by atoms with van der Waals surface area (Å²) in [6.07, 6.45) is 4.74. The van der Waals surface area contributed by atoms with Crippen molar-refractivity contribution in [2.24, 2.45) is 0 Å². The highest BCUT2D eigenvalue weighted by Crippen LogP contribution is 2.29. The highest BCUT2D eigenvalue weighted by Gasteiger charge is 2.24. The minimum absolute atomic E-state index is 0.155. The van der Waals surface area contributed by atoms with Gasteiger partial charge in [-0.05, 0) is 36.4 Å². The molecule has 6 aromatic rings. The van der Waals surface area contributed by atoms with Crippen LogP contribution in [0.15, 0.2) is 65.5 Å². The number of halogens is 1. The largest absolute Gasteiger partial charge is 0.445 e. The summed E-state index contributed by atoms with van der Waals surface area (Å²) in [5.74, 6) is 0.493. The predicted molar refractivity (Wildman–Crippen MR) is 158 cm³/mol. The number of rotatable bonds is 7. The van der Waals surface area contributed by atoms with Gasteiger partial charge in [-0.2, -0.15) is 9.50 Å². The van der Waals surface area contributed by atoms with Gasteiger partial charge in [-0.25, -0.2) is 14.4 Å². The van der Waals surface area contributed by atoms with Gasteiger partial charge < -0.3 is 24.9 Å². The van der Waals surface area contributed by atoms with E-state index in [-0.39, 0.29) is 17.7 Å². The first-order chi connectivity index (χ1) is 21.0. The molecule has 3 N–H and O–H groups in total. The van der Waals surface area contributed by atoms with Gasteiger partial charge in [0.05, 0.1) is 17.3 Å². The molecule has 1 saturated heterocycles. The van der Waals surface area contributed by atoms with Crippen molar-refractivity contribution in [2.75, 3.05) is 50.4 Å². The second-order valence-corrected chi connectivity index (χ2v) is 10.2. The predicted octanol–water partition coefficient (Wildman–Crippen LogP) is 2.70. The molecule has 0 saturated carbocycles. The normalized spacial score (nSPS) is 14.1. The Bertz CT molecular complexity index is 1930. The second kappa shape index (κ2) is 10.8. The Kier molecular flexibility index (Phi) is 6.66. The number of nitrogens with one attached hydrogen (secondary N) is 1. The van der Waals surface area contributed by atoms with Gasteiger partial charge in [0.2, 0.25) is 17.7 Å². The summed E-state index contributed by atoms with van der Waals surface area (Å²) >= 11 is 0. The maximum absolute atomic E-state index is 14.8. The van der Waals surface area contributed by atoms with Gasteiger partial charge in [0.1, 0.15) is 29.1 Å². The second-order valence-electron chi connectivity index (χ2n) is 10.2. The molecule has 1 aliphatic heterocycles. The molecule has 13 nitrogen and oxygen atoms in total. The van der Waals surface area contributed by atoms with Gasteiger partial charge in [-0.15, -0.1) is 5.10 Å². The lowest BCUT2D eigenvalue weighted by Gasteiger charge is -2.36. The van der Waals surface area contributed by atoms with E-state index in [0.29, 0.717) is 84.7 Å². The number of piperazine rings is 1. The minimum Gasteiger partial charge on any atom is -0.445 e. The lowest BCUT2D eigenvalue weighted by molar-refractivity contribution is 0.0953. The molecule has 0 bridgehead atoms. The van der Waals surface area contributed by atoms with Crippen LogP contribution in [0.2, 0.25) is 0 Å². The zero-order valence-electron chi connectivity index (χ0n) is 23.3. The van der Waals surface area contributed by atoms with Crippen LogP contribution in [0.1, 0.15) is 10.5 Å². The van der Waals surface area contributed by atoms with Gasteiger partial charge in [0.25, 0.3) is 5.91 Å². The summed E-state index contributed by atoms with van der Waals surface area (Å²) in [5, 5.41) is 7.89. The Morgan fingerprint density at radius 1 is 1.02 bits per heavy atom. The van der Waals surface area contributed by atoms with Crippen molar-refractivity contribution in [1.82, 2.24) is 44.3 Å². The third-order valence-electron chi connectivity index (χ3n) is 7.69. The Morgan fingerprint density at radius 2 is 1.88 bits per heavy atom. The quantitative estimate of drug-likeness (QED) is 0.288. The number of benzene rings is 1. The Hall–Kier alpha value is -5.37. The van der Waals surface area contributed by atoms with E-state index in [1.165, 1.54) is 16.8 Å². The van der Waals surface area contributed by atoms with E-state index >= 15 is 0 Å². The molecule has 1 aromatic carbocycles. The van der Waals surface area contributed by atoms with Crippen molar-refractivity contribution in [2.45, 2.75) is 6.54 Å². The number of nitrogens with zero attached hydrogens (tertiary/aromatic N) is 9. The Morgan fingerprint density at radius 3 is 2.63 bits per heavy atom. The average molecular weight is 582 g/mol. The number of nitrogen functional groups attached to an aromatic ring is 1. The van der Waals surface area contributed by atoms with E-state index in [2.05, 4.69) is 30.3 Å². The van der Waals surface area contributed by atoms with Gasteiger partial charge >= 0.3 is 0 Å². The van der Waals surface area contributed by atoms with Crippen LogP contribution < -0.4 is 16.0 Å². The molecule has 1 fully saturated rings. The molecule has 0 aliphatic carbocycles. The van der Waals surface area contributed by atoms with E-state index in [4.69, 9.17) is 15.1 Å². The smallest absolute Gasteiger partial charge is 0.267 e. The number of amides is 1. The summed E-state index contributed by atoms with van der Waals surface area (Å²) in [7, 11) is 1.59. The minimum atomic E-state index is -0.285. The molecule has 0 radical (unpaired) electrons. The average Bonchev–Trinajstić information content (AvgIpc) is 3.80. The van der Waals surface area contributed by atoms with Crippen LogP contribution in [0.5, 0.6) is 0 Å².